The average Bonchev–Trinajstić information content (AvgIpc) is 3.37. The van der Waals surface area contributed by atoms with Gasteiger partial charge in [0.25, 0.3) is 0 Å². The van der Waals surface area contributed by atoms with Crippen LogP contribution in [0.1, 0.15) is 0 Å². The van der Waals surface area contributed by atoms with Gasteiger partial charge in [0.15, 0.2) is 0 Å². The predicted octanol–water partition coefficient (Wildman–Crippen LogP) is 7.44. The van der Waals surface area contributed by atoms with Crippen LogP contribution < -0.4 is 0 Å². The first-order valence-electron chi connectivity index (χ1n) is 11.1. The second kappa shape index (κ2) is 1.33. The van der Waals surface area contributed by atoms with Gasteiger partial charge in [0.2, 0.25) is 0 Å². The van der Waals surface area contributed by atoms with E-state index in [0.29, 0.717) is 0 Å². The minimum atomic E-state index is -3.21. The van der Waals surface area contributed by atoms with Gasteiger partial charge in [-0.2, -0.15) is 0 Å². The molecule has 1 spiro atoms. The third kappa shape index (κ3) is 0.200. The summed E-state index contributed by atoms with van der Waals surface area (Å²) in [6.45, 7) is 25.7. The average molecular weight is 447 g/mol. The Hall–Kier alpha value is 1.39. The molecule has 10 heterocycles. The third-order valence-electron chi connectivity index (χ3n) is 20.5. The first-order chi connectivity index (χ1) is 10.9. The van der Waals surface area contributed by atoms with Crippen LogP contribution in [0.5, 0.6) is 0 Å². The number of hydrogen-bond acceptors (Lipinski definition) is 0. The molecule has 10 fully saturated rings. The molecule has 10 saturated heterocycles. The third-order valence-corrected chi connectivity index (χ3v) is 114. The molecule has 10 aliphatic rings. The molecule has 0 saturated carbocycles. The molecular weight excluding hydrogens is 408 g/mol. The standard InChI is InChI=1S/2C10H19Si2.Fe/c2*1-11(2,3)12(4,5)10-8-6-7-9-10;/h2*6-9H,1-5H3;. The van der Waals surface area contributed by atoms with Crippen LogP contribution in [-0.4, -0.2) is 30.4 Å². The van der Waals surface area contributed by atoms with E-state index in [9.17, 15) is 0 Å². The zero-order valence-corrected chi connectivity index (χ0v) is 23.1. The Kier molecular flexibility index (Phi) is 0.725. The monoisotopic (exact) mass is 446 g/mol. The predicted molar refractivity (Wildman–Crippen MR) is 117 cm³/mol. The number of fused-ring (bicyclic) bond motifs is 10. The maximum absolute atomic E-state index is 3.21. The molecule has 0 aliphatic carbocycles. The summed E-state index contributed by atoms with van der Waals surface area (Å²) >= 11 is 0. The van der Waals surface area contributed by atoms with Crippen LogP contribution in [0.3, 0.4) is 0 Å². The van der Waals surface area contributed by atoms with E-state index in [1.807, 2.05) is 0 Å². The molecule has 10 aliphatic heterocycles. The summed E-state index contributed by atoms with van der Waals surface area (Å²) in [6, 6.07) is 0. The second-order valence-corrected chi connectivity index (χ2v) is 75.3. The van der Waals surface area contributed by atoms with Crippen molar-refractivity contribution in [1.29, 1.82) is 0 Å². The van der Waals surface area contributed by atoms with Crippen molar-refractivity contribution >= 4 is 30.4 Å². The molecule has 8 atom stereocenters. The van der Waals surface area contributed by atoms with E-state index >= 15 is 0 Å². The van der Waals surface area contributed by atoms with Crippen molar-refractivity contribution in [1.82, 2.24) is 0 Å². The Bertz CT molecular complexity index is 1170. The van der Waals surface area contributed by atoms with Gasteiger partial charge >= 0.3 is 149 Å². The Morgan fingerprint density at radius 1 is 0.480 bits per heavy atom. The molecule has 0 aromatic carbocycles. The van der Waals surface area contributed by atoms with Gasteiger partial charge in [0.05, 0.1) is 0 Å². The fourth-order valence-corrected chi connectivity index (χ4v) is 176. The summed E-state index contributed by atoms with van der Waals surface area (Å²) in [5.41, 5.74) is 0. The van der Waals surface area contributed by atoms with Crippen molar-refractivity contribution in [3.05, 3.63) is 0 Å². The molecule has 8 unspecified atom stereocenters. The molecule has 25 heavy (non-hydrogen) atoms. The summed E-state index contributed by atoms with van der Waals surface area (Å²) < 4.78 is 2.44. The molecule has 0 radical (unpaired) electrons. The molecule has 0 aromatic heterocycles. The van der Waals surface area contributed by atoms with Crippen molar-refractivity contribution in [2.45, 2.75) is 112 Å². The van der Waals surface area contributed by atoms with E-state index in [2.05, 4.69) is 65.5 Å². The first kappa shape index (κ1) is 13.6. The summed E-state index contributed by atoms with van der Waals surface area (Å²) in [4.78, 5) is 12.2. The van der Waals surface area contributed by atoms with Crippen LogP contribution in [0.2, 0.25) is 112 Å². The van der Waals surface area contributed by atoms with Crippen LogP contribution in [0.15, 0.2) is 0 Å². The summed E-state index contributed by atoms with van der Waals surface area (Å²) in [5.74, 6) is 0. The number of rotatable bonds is 4. The van der Waals surface area contributed by atoms with Gasteiger partial charge < -0.3 is 0 Å². The molecule has 0 N–H and O–H groups in total. The molecule has 10 rings (SSSR count). The van der Waals surface area contributed by atoms with Gasteiger partial charge in [-0.05, 0) is 0 Å². The van der Waals surface area contributed by atoms with E-state index < -0.39 is 36.9 Å². The number of hydrogen-bond donors (Lipinski definition) is 0. The van der Waals surface area contributed by atoms with Crippen molar-refractivity contribution in [3.8, 4) is 0 Å². The van der Waals surface area contributed by atoms with Gasteiger partial charge in [-0.1, -0.05) is 0 Å². The Balaban J connectivity index is 1.42. The van der Waals surface area contributed by atoms with Gasteiger partial charge in [-0.25, -0.2) is 0 Å². The molecular formula is C20H38FeSi4. The normalized spacial score (nSPS) is 90.8. The van der Waals surface area contributed by atoms with Crippen molar-refractivity contribution in [3.63, 3.8) is 0 Å². The summed E-state index contributed by atoms with van der Waals surface area (Å²) in [5, 5.41) is 0. The quantitative estimate of drug-likeness (QED) is 0.394. The van der Waals surface area contributed by atoms with Crippen LogP contribution >= 0.6 is 0 Å². The first-order valence-corrected chi connectivity index (χ1v) is 32.3. The molecule has 142 valence electrons. The van der Waals surface area contributed by atoms with Crippen LogP contribution in [0.4, 0.5) is 0 Å². The van der Waals surface area contributed by atoms with E-state index in [4.69, 9.17) is 0 Å². The summed E-state index contributed by atoms with van der Waals surface area (Å²) in [7, 11) is -4.08. The second-order valence-electron chi connectivity index (χ2n) is 17.5. The van der Waals surface area contributed by atoms with E-state index in [0.717, 1.165) is 0 Å². The molecule has 0 bridgehead atoms. The molecule has 0 amide bonds. The molecule has 0 aromatic rings. The fourth-order valence-electron chi connectivity index (χ4n) is 21.2. The van der Waals surface area contributed by atoms with Crippen LogP contribution in [-0.2, 0) is 6.51 Å². The van der Waals surface area contributed by atoms with Gasteiger partial charge in [0.1, 0.15) is 0 Å². The molecule has 0 nitrogen and oxygen atoms in total. The maximum atomic E-state index is 3.00. The SMILES string of the molecule is C[Si](C)(C)[Si](C)(C)[C]12[CH]3[CH]4[CH]5[CH]1[Fe]45321678[CH]2[CH]1[CH]6[C]7([Si](C)(C)[Si](C)(C)C)[CH]28. The minimum absolute atomic E-state index is 0.982. The van der Waals surface area contributed by atoms with Crippen LogP contribution in [0, 0.1) is 0 Å². The van der Waals surface area contributed by atoms with Gasteiger partial charge in [-0.15, -0.1) is 0 Å². The van der Waals surface area contributed by atoms with Crippen LogP contribution in [0.25, 0.3) is 0 Å². The van der Waals surface area contributed by atoms with Crippen molar-refractivity contribution < 1.29 is 6.51 Å². The Morgan fingerprint density at radius 3 is 0.880 bits per heavy atom. The van der Waals surface area contributed by atoms with E-state index in [1.165, 1.54) is 46.4 Å². The van der Waals surface area contributed by atoms with Gasteiger partial charge in [-0.3, -0.25) is 0 Å². The van der Waals surface area contributed by atoms with E-state index in [-0.39, 0.29) is 0 Å². The zero-order valence-electron chi connectivity index (χ0n) is 18.0. The Morgan fingerprint density at radius 2 is 0.720 bits per heavy atom. The van der Waals surface area contributed by atoms with Crippen molar-refractivity contribution in [2.75, 3.05) is 0 Å². The summed E-state index contributed by atoms with van der Waals surface area (Å²) in [6.07, 6.45) is 0. The molecule has 5 heteroatoms. The van der Waals surface area contributed by atoms with Gasteiger partial charge in [0, 0.05) is 0 Å². The zero-order chi connectivity index (χ0) is 17.9. The van der Waals surface area contributed by atoms with E-state index in [1.54, 1.807) is 0 Å². The van der Waals surface area contributed by atoms with Crippen molar-refractivity contribution in [2.24, 2.45) is 0 Å². The Labute approximate surface area is 148 Å². The fraction of sp³-hybridized carbons (Fsp3) is 1.00. The topological polar surface area (TPSA) is 0 Å².